The zero-order valence-electron chi connectivity index (χ0n) is 13.7. The number of nitrogens with zero attached hydrogens (tertiary/aromatic N) is 1. The van der Waals surface area contributed by atoms with Crippen LogP contribution >= 0.6 is 0 Å². The Labute approximate surface area is 133 Å². The molecule has 2 atom stereocenters. The van der Waals surface area contributed by atoms with Crippen molar-refractivity contribution < 1.29 is 14.6 Å². The fourth-order valence-corrected chi connectivity index (χ4v) is 4.12. The van der Waals surface area contributed by atoms with Gasteiger partial charge < -0.3 is 14.6 Å². The van der Waals surface area contributed by atoms with E-state index in [0.717, 1.165) is 37.9 Å². The standard InChI is InChI=1S/C18H27NO3/c1-21-15-9-8-14(13-16(15)22-2)18(20)10-4-6-12-19-11-5-3-7-17(18)19/h8-9,13,17,20H,3-7,10-12H2,1-2H3. The summed E-state index contributed by atoms with van der Waals surface area (Å²) in [6.07, 6.45) is 6.59. The largest absolute Gasteiger partial charge is 0.493 e. The van der Waals surface area contributed by atoms with Crippen LogP contribution in [-0.2, 0) is 5.60 Å². The number of piperidine rings is 1. The third kappa shape index (κ3) is 2.70. The van der Waals surface area contributed by atoms with Crippen molar-refractivity contribution in [2.24, 2.45) is 0 Å². The van der Waals surface area contributed by atoms with Gasteiger partial charge in [-0.25, -0.2) is 0 Å². The zero-order chi connectivity index (χ0) is 15.6. The van der Waals surface area contributed by atoms with Crippen LogP contribution < -0.4 is 9.47 Å². The molecule has 0 spiro atoms. The number of rotatable bonds is 3. The van der Waals surface area contributed by atoms with Gasteiger partial charge in [-0.2, -0.15) is 0 Å². The van der Waals surface area contributed by atoms with E-state index in [2.05, 4.69) is 4.90 Å². The highest BCUT2D eigenvalue weighted by Crippen LogP contribution is 2.42. The molecule has 3 rings (SSSR count). The molecule has 2 aliphatic rings. The molecule has 1 aromatic carbocycles. The first kappa shape index (κ1) is 15.6. The zero-order valence-corrected chi connectivity index (χ0v) is 13.7. The van der Waals surface area contributed by atoms with Crippen LogP contribution in [0.2, 0.25) is 0 Å². The van der Waals surface area contributed by atoms with E-state index in [9.17, 15) is 5.11 Å². The van der Waals surface area contributed by atoms with Crippen molar-refractivity contribution in [1.29, 1.82) is 0 Å². The van der Waals surface area contributed by atoms with Crippen molar-refractivity contribution in [2.45, 2.75) is 50.2 Å². The van der Waals surface area contributed by atoms with E-state index >= 15 is 0 Å². The summed E-state index contributed by atoms with van der Waals surface area (Å²) in [4.78, 5) is 2.49. The van der Waals surface area contributed by atoms with Crippen molar-refractivity contribution >= 4 is 0 Å². The molecule has 0 radical (unpaired) electrons. The van der Waals surface area contributed by atoms with Crippen LogP contribution in [0.15, 0.2) is 18.2 Å². The highest BCUT2D eigenvalue weighted by Gasteiger charge is 2.44. The summed E-state index contributed by atoms with van der Waals surface area (Å²) in [6.45, 7) is 2.22. The fraction of sp³-hybridized carbons (Fsp3) is 0.667. The molecule has 2 saturated heterocycles. The van der Waals surface area contributed by atoms with Crippen molar-refractivity contribution in [3.63, 3.8) is 0 Å². The van der Waals surface area contributed by atoms with Gasteiger partial charge in [0.05, 0.1) is 14.2 Å². The minimum absolute atomic E-state index is 0.224. The minimum atomic E-state index is -0.781. The van der Waals surface area contributed by atoms with Crippen LogP contribution in [0.25, 0.3) is 0 Å². The molecule has 0 amide bonds. The predicted octanol–water partition coefficient (Wildman–Crippen LogP) is 2.93. The highest BCUT2D eigenvalue weighted by molar-refractivity contribution is 5.45. The van der Waals surface area contributed by atoms with Gasteiger partial charge in [0.2, 0.25) is 0 Å². The molecule has 1 aromatic rings. The summed E-state index contributed by atoms with van der Waals surface area (Å²) < 4.78 is 10.8. The maximum absolute atomic E-state index is 11.6. The van der Waals surface area contributed by atoms with Gasteiger partial charge in [0.25, 0.3) is 0 Å². The molecule has 122 valence electrons. The van der Waals surface area contributed by atoms with E-state index in [-0.39, 0.29) is 6.04 Å². The van der Waals surface area contributed by atoms with Crippen LogP contribution in [0.1, 0.15) is 44.1 Å². The number of benzene rings is 1. The van der Waals surface area contributed by atoms with Crippen LogP contribution in [-0.4, -0.2) is 43.4 Å². The van der Waals surface area contributed by atoms with Gasteiger partial charge >= 0.3 is 0 Å². The molecule has 2 unspecified atom stereocenters. The molecule has 2 fully saturated rings. The summed E-state index contributed by atoms with van der Waals surface area (Å²) in [5, 5.41) is 11.6. The Morgan fingerprint density at radius 1 is 1.05 bits per heavy atom. The van der Waals surface area contributed by atoms with Crippen molar-refractivity contribution in [1.82, 2.24) is 4.90 Å². The van der Waals surface area contributed by atoms with Crippen LogP contribution in [0.3, 0.4) is 0 Å². The average molecular weight is 305 g/mol. The van der Waals surface area contributed by atoms with E-state index < -0.39 is 5.60 Å². The summed E-state index contributed by atoms with van der Waals surface area (Å²) in [5.74, 6) is 1.41. The lowest BCUT2D eigenvalue weighted by Crippen LogP contribution is -2.51. The molecule has 4 heteroatoms. The van der Waals surface area contributed by atoms with Crippen LogP contribution in [0.4, 0.5) is 0 Å². The van der Waals surface area contributed by atoms with E-state index in [1.54, 1.807) is 14.2 Å². The number of fused-ring (bicyclic) bond motifs is 1. The van der Waals surface area contributed by atoms with Gasteiger partial charge in [-0.1, -0.05) is 12.5 Å². The number of methoxy groups -OCH3 is 2. The Morgan fingerprint density at radius 2 is 1.77 bits per heavy atom. The lowest BCUT2D eigenvalue weighted by Gasteiger charge is -2.44. The molecule has 1 N–H and O–H groups in total. The van der Waals surface area contributed by atoms with Crippen molar-refractivity contribution in [3.05, 3.63) is 23.8 Å². The molecular weight excluding hydrogens is 278 g/mol. The van der Waals surface area contributed by atoms with E-state index in [1.165, 1.54) is 19.3 Å². The van der Waals surface area contributed by atoms with Gasteiger partial charge in [0.1, 0.15) is 5.60 Å². The summed E-state index contributed by atoms with van der Waals surface area (Å²) in [7, 11) is 3.28. The summed E-state index contributed by atoms with van der Waals surface area (Å²) in [5.41, 5.74) is 0.181. The number of ether oxygens (including phenoxy) is 2. The SMILES string of the molecule is COc1ccc(C2(O)CCCCN3CCCCC32)cc1OC. The molecule has 4 nitrogen and oxygen atoms in total. The van der Waals surface area contributed by atoms with Gasteiger partial charge in [0, 0.05) is 6.04 Å². The minimum Gasteiger partial charge on any atom is -0.493 e. The van der Waals surface area contributed by atoms with Gasteiger partial charge in [-0.15, -0.1) is 0 Å². The molecule has 22 heavy (non-hydrogen) atoms. The Morgan fingerprint density at radius 3 is 2.50 bits per heavy atom. The van der Waals surface area contributed by atoms with Crippen molar-refractivity contribution in [3.8, 4) is 11.5 Å². The third-order valence-corrected chi connectivity index (χ3v) is 5.30. The first-order valence-electron chi connectivity index (χ1n) is 8.38. The van der Waals surface area contributed by atoms with E-state index in [1.807, 2.05) is 18.2 Å². The Hall–Kier alpha value is -1.26. The molecule has 2 heterocycles. The number of aliphatic hydroxyl groups is 1. The van der Waals surface area contributed by atoms with E-state index in [4.69, 9.17) is 9.47 Å². The Kier molecular flexibility index (Phi) is 4.59. The Bertz CT molecular complexity index is 519. The monoisotopic (exact) mass is 305 g/mol. The van der Waals surface area contributed by atoms with Crippen LogP contribution in [0.5, 0.6) is 11.5 Å². The topological polar surface area (TPSA) is 41.9 Å². The second-order valence-electron chi connectivity index (χ2n) is 6.50. The number of hydrogen-bond acceptors (Lipinski definition) is 4. The molecule has 0 aromatic heterocycles. The normalized spacial score (nSPS) is 29.5. The first-order chi connectivity index (χ1) is 10.7. The highest BCUT2D eigenvalue weighted by atomic mass is 16.5. The lowest BCUT2D eigenvalue weighted by molar-refractivity contribution is -0.0630. The summed E-state index contributed by atoms with van der Waals surface area (Å²) >= 11 is 0. The van der Waals surface area contributed by atoms with Gasteiger partial charge in [-0.3, -0.25) is 4.90 Å². The maximum atomic E-state index is 11.6. The fourth-order valence-electron chi connectivity index (χ4n) is 4.12. The van der Waals surface area contributed by atoms with E-state index in [0.29, 0.717) is 11.5 Å². The lowest BCUT2D eigenvalue weighted by atomic mass is 9.79. The Balaban J connectivity index is 1.99. The molecule has 0 bridgehead atoms. The average Bonchev–Trinajstić information content (AvgIpc) is 2.74. The van der Waals surface area contributed by atoms with Crippen LogP contribution in [0, 0.1) is 0 Å². The smallest absolute Gasteiger partial charge is 0.161 e. The summed E-state index contributed by atoms with van der Waals surface area (Å²) in [6, 6.07) is 6.09. The third-order valence-electron chi connectivity index (χ3n) is 5.30. The number of hydrogen-bond donors (Lipinski definition) is 1. The second-order valence-corrected chi connectivity index (χ2v) is 6.50. The van der Waals surface area contributed by atoms with Gasteiger partial charge in [0.15, 0.2) is 11.5 Å². The molecule has 2 aliphatic heterocycles. The molecule has 0 aliphatic carbocycles. The maximum Gasteiger partial charge on any atom is 0.161 e. The van der Waals surface area contributed by atoms with Crippen molar-refractivity contribution in [2.75, 3.05) is 27.3 Å². The van der Waals surface area contributed by atoms with Gasteiger partial charge in [-0.05, 0) is 62.9 Å². The first-order valence-corrected chi connectivity index (χ1v) is 8.38. The molecule has 0 saturated carbocycles. The molecular formula is C18H27NO3. The second kappa shape index (κ2) is 6.47. The predicted molar refractivity (Wildman–Crippen MR) is 86.5 cm³/mol. The quantitative estimate of drug-likeness (QED) is 0.932.